The summed E-state index contributed by atoms with van der Waals surface area (Å²) in [6, 6.07) is 1.50. The number of fused-ring (bicyclic) bond motifs is 15. The topological polar surface area (TPSA) is 575 Å². The molecule has 0 aromatic heterocycles. The van der Waals surface area contributed by atoms with Crippen LogP contribution in [0.4, 0.5) is 0 Å². The maximum atomic E-state index is 16.3. The summed E-state index contributed by atoms with van der Waals surface area (Å²) in [6.45, 7) is 8.65. The van der Waals surface area contributed by atoms with Crippen LogP contribution < -0.4 is 68.6 Å². The molecule has 8 aliphatic heterocycles. The molecule has 594 valence electrons. The third-order valence-corrected chi connectivity index (χ3v) is 20.4. The Morgan fingerprint density at radius 3 is 1.87 bits per heavy atom. The van der Waals surface area contributed by atoms with Gasteiger partial charge >= 0.3 is 5.97 Å². The van der Waals surface area contributed by atoms with Crippen molar-refractivity contribution in [1.29, 1.82) is 0 Å². The number of benzene rings is 5. The van der Waals surface area contributed by atoms with Gasteiger partial charge in [0.05, 0.1) is 48.5 Å². The lowest BCUT2D eigenvalue weighted by Gasteiger charge is -2.47. The van der Waals surface area contributed by atoms with E-state index in [1.807, 2.05) is 13.8 Å². The summed E-state index contributed by atoms with van der Waals surface area (Å²) >= 11 is 7.34. The van der Waals surface area contributed by atoms with Gasteiger partial charge in [0.15, 0.2) is 36.2 Å². The molecular formula is C73H89ClN10O26. The van der Waals surface area contributed by atoms with E-state index in [0.29, 0.717) is 0 Å². The Kier molecular flexibility index (Phi) is 24.2. The molecule has 3 saturated heterocycles. The number of phenolic OH excluding ortho intramolecular Hbond substituents is 3. The van der Waals surface area contributed by atoms with Crippen LogP contribution in [0.1, 0.15) is 125 Å². The van der Waals surface area contributed by atoms with Crippen LogP contribution in [0.2, 0.25) is 5.02 Å². The van der Waals surface area contributed by atoms with Crippen molar-refractivity contribution in [3.63, 3.8) is 0 Å². The first-order chi connectivity index (χ1) is 51.8. The molecule has 0 aliphatic carbocycles. The van der Waals surface area contributed by atoms with Gasteiger partial charge in [-0.15, -0.1) is 0 Å². The van der Waals surface area contributed by atoms with E-state index in [1.165, 1.54) is 77.2 Å². The van der Waals surface area contributed by atoms with Crippen LogP contribution in [0.5, 0.6) is 46.0 Å². The molecule has 13 rings (SSSR count). The Balaban J connectivity index is 1.18. The first-order valence-corrected chi connectivity index (χ1v) is 35.6. The molecule has 5 aromatic rings. The maximum absolute atomic E-state index is 16.3. The molecule has 0 saturated carbocycles. The Hall–Kier alpha value is -9.61. The second kappa shape index (κ2) is 32.8. The van der Waals surface area contributed by atoms with Gasteiger partial charge in [-0.3, -0.25) is 33.6 Å². The number of carbonyl (C=O) groups is 8. The van der Waals surface area contributed by atoms with Gasteiger partial charge in [0.25, 0.3) is 0 Å². The van der Waals surface area contributed by atoms with Gasteiger partial charge in [0, 0.05) is 46.7 Å². The number of aliphatic hydroxyl groups excluding tert-OH is 6. The molecule has 37 heteroatoms. The van der Waals surface area contributed by atoms with E-state index in [4.69, 9.17) is 66.7 Å². The van der Waals surface area contributed by atoms with Crippen molar-refractivity contribution in [3.8, 4) is 57.1 Å². The maximum Gasteiger partial charge on any atom is 0.330 e. The fourth-order valence-electron chi connectivity index (χ4n) is 14.2. The summed E-state index contributed by atoms with van der Waals surface area (Å²) in [5.41, 5.74) is 13.5. The summed E-state index contributed by atoms with van der Waals surface area (Å²) in [5.74, 6) is -15.5. The third kappa shape index (κ3) is 17.3. The predicted molar refractivity (Wildman–Crippen MR) is 381 cm³/mol. The number of nitrogens with two attached hydrogens (primary N) is 3. The van der Waals surface area contributed by atoms with Gasteiger partial charge in [0.1, 0.15) is 89.5 Å². The Bertz CT molecular complexity index is 4350. The number of aliphatic hydroxyl groups is 6. The number of nitrogens with one attached hydrogen (secondary N) is 7. The lowest BCUT2D eigenvalue weighted by atomic mass is 9.86. The standard InChI is InChI=1S/C73H89ClN10O26/c1-27(2)16-39(78-7)64(95)83-54-56(90)30-8-12-35(13-9-30)105-44-19-33-20-45(60(44)110-71-61(58(92)57(91)46(26-85)107-71)109-49-25-73(6,77)63(94)29(4)104-49)106-43-15-11-32(18-38(43)74)59(108-48-24-72(5,76)62(93)28(3)103-48)55-69(100)82-53(70(101)102)37-21-34(86)22-42(88)50(37)36-17-31(10-14-41(36)87)51(66(97)84-55)81-67(98)52(33)80-65(96)40(23-47(75)89)79-68(54)99/h8-15,17-22,27-29,39-40,46,48-49,51-59,61-63,71,78,85-88,90-94H,16,23-26,76-77H2,1-7H3,(H2,75,89)(H,79,99)(H,80,96)(H,81,98)(H,82,100)(H,83,95)(H,84,97)(H,101,102)/t28-,29-,39+,40-,46+,48-,49-,51+,52+,53-,54+,55-,56+,57+,58-,59+,61+,62-,63+,71-,72-,73-/m0/s1. The SMILES string of the molecule is CN[C@H](CC(C)C)C(=O)N[C@H]1C(=O)N[C@@H](CC(N)=O)C(=O)N[C@H]2C(=O)N[C@H]3C(=O)N[C@H](C(=O)N[C@H](C(=O)O)c4cc(O)cc(O)c4-c4cc3ccc4O)[C@H](O[C@H]3C[C@](C)(N)[C@@H](O)[C@H](C)O3)c3ccc(c(Cl)c3)Oc3cc2cc(c3O[C@@H]2O[C@H](CO)[C@@H](O)[C@H](O)[C@H]2O[C@H]2C[C@](C)(N)[C@H](O)[C@H](C)O2)Oc2ccc(cc2)[C@H]1O. The number of aromatic hydroxyl groups is 3. The van der Waals surface area contributed by atoms with Crippen LogP contribution in [-0.2, 0) is 62.0 Å². The molecule has 0 spiro atoms. The number of carbonyl (C=O) groups excluding carboxylic acids is 7. The molecule has 7 amide bonds. The molecule has 8 aliphatic rings. The molecule has 23 N–H and O–H groups in total. The second-order valence-electron chi connectivity index (χ2n) is 29.1. The highest BCUT2D eigenvalue weighted by Crippen LogP contribution is 2.50. The molecular weight excluding hydrogens is 1470 g/mol. The van der Waals surface area contributed by atoms with Gasteiger partial charge in [-0.2, -0.15) is 0 Å². The molecule has 11 bridgehead atoms. The number of hydrogen-bond donors (Lipinski definition) is 20. The van der Waals surface area contributed by atoms with Crippen molar-refractivity contribution in [2.24, 2.45) is 23.1 Å². The molecule has 8 heterocycles. The van der Waals surface area contributed by atoms with Gasteiger partial charge in [-0.25, -0.2) is 4.79 Å². The Morgan fingerprint density at radius 1 is 0.673 bits per heavy atom. The average molecular weight is 1560 g/mol. The number of phenols is 3. The van der Waals surface area contributed by atoms with Gasteiger partial charge in [-0.1, -0.05) is 49.7 Å². The molecule has 3 fully saturated rings. The zero-order valence-electron chi connectivity index (χ0n) is 60.4. The van der Waals surface area contributed by atoms with E-state index in [9.17, 15) is 70.2 Å². The summed E-state index contributed by atoms with van der Waals surface area (Å²) in [4.78, 5) is 120. The number of ether oxygens (including phenoxy) is 8. The fraction of sp³-hybridized carbons (Fsp3) is 0.479. The van der Waals surface area contributed by atoms with E-state index in [0.717, 1.165) is 42.5 Å². The van der Waals surface area contributed by atoms with E-state index < -0.39 is 255 Å². The van der Waals surface area contributed by atoms with Crippen LogP contribution in [0.3, 0.4) is 0 Å². The van der Waals surface area contributed by atoms with Crippen molar-refractivity contribution in [2.75, 3.05) is 13.7 Å². The van der Waals surface area contributed by atoms with Gasteiger partial charge < -0.3 is 143 Å². The number of amides is 7. The lowest BCUT2D eigenvalue weighted by Crippen LogP contribution is -2.64. The Labute approximate surface area is 633 Å². The number of primary amides is 1. The number of hydrogen-bond acceptors (Lipinski definition) is 28. The molecule has 110 heavy (non-hydrogen) atoms. The summed E-state index contributed by atoms with van der Waals surface area (Å²) in [6.07, 6.45) is -22.4. The van der Waals surface area contributed by atoms with Crippen LogP contribution in [0.15, 0.2) is 84.9 Å². The second-order valence-corrected chi connectivity index (χ2v) is 29.5. The van der Waals surface area contributed by atoms with Gasteiger partial charge in [0.2, 0.25) is 53.4 Å². The number of carboxylic acid groups (broad SMARTS) is 1. The monoisotopic (exact) mass is 1560 g/mol. The van der Waals surface area contributed by atoms with Crippen LogP contribution in [0, 0.1) is 5.92 Å². The van der Waals surface area contributed by atoms with Crippen molar-refractivity contribution in [3.05, 3.63) is 118 Å². The summed E-state index contributed by atoms with van der Waals surface area (Å²) in [7, 11) is 1.49. The third-order valence-electron chi connectivity index (χ3n) is 20.1. The lowest BCUT2D eigenvalue weighted by molar-refractivity contribution is -0.333. The van der Waals surface area contributed by atoms with Crippen molar-refractivity contribution in [1.82, 2.24) is 37.2 Å². The molecule has 0 radical (unpaired) electrons. The largest absolute Gasteiger partial charge is 0.508 e. The number of halogens is 1. The first-order valence-electron chi connectivity index (χ1n) is 35.2. The number of rotatable bonds is 15. The summed E-state index contributed by atoms with van der Waals surface area (Å²) < 4.78 is 51.7. The minimum atomic E-state index is -2.34. The minimum Gasteiger partial charge on any atom is -0.508 e. The smallest absolute Gasteiger partial charge is 0.330 e. The highest BCUT2D eigenvalue weighted by atomic mass is 35.5. The minimum absolute atomic E-state index is 0.0558. The molecule has 5 aromatic carbocycles. The summed E-state index contributed by atoms with van der Waals surface area (Å²) in [5, 5.41) is 132. The molecule has 22 atom stereocenters. The highest BCUT2D eigenvalue weighted by molar-refractivity contribution is 6.32. The van der Waals surface area contributed by atoms with E-state index in [-0.39, 0.29) is 53.4 Å². The van der Waals surface area contributed by atoms with E-state index in [1.54, 1.807) is 0 Å². The highest BCUT2D eigenvalue weighted by Gasteiger charge is 2.52. The van der Waals surface area contributed by atoms with Crippen molar-refractivity contribution < 1.29 is 127 Å². The van der Waals surface area contributed by atoms with Crippen molar-refractivity contribution >= 4 is 58.9 Å². The van der Waals surface area contributed by atoms with Gasteiger partial charge in [-0.05, 0) is 124 Å². The van der Waals surface area contributed by atoms with Crippen LogP contribution >= 0.6 is 11.6 Å². The zero-order chi connectivity index (χ0) is 80.0. The quantitative estimate of drug-likeness (QED) is 0.0639. The predicted octanol–water partition coefficient (Wildman–Crippen LogP) is -0.310. The Morgan fingerprint density at radius 2 is 1.27 bits per heavy atom. The zero-order valence-corrected chi connectivity index (χ0v) is 61.1. The van der Waals surface area contributed by atoms with E-state index >= 15 is 19.2 Å². The first kappa shape index (κ1) is 81.4. The normalized spacial score (nSPS) is 32.2. The number of likely N-dealkylation sites (N-methyl/N-ethyl adjacent to an activating group) is 1. The number of carboxylic acids is 1. The number of aliphatic carboxylic acids is 1. The molecule has 0 unspecified atom stereocenters. The van der Waals surface area contributed by atoms with E-state index in [2.05, 4.69) is 37.2 Å². The van der Waals surface area contributed by atoms with Crippen LogP contribution in [-0.4, -0.2) is 215 Å². The molecule has 36 nitrogen and oxygen atoms in total. The fourth-order valence-corrected chi connectivity index (χ4v) is 14.4. The van der Waals surface area contributed by atoms with Crippen molar-refractivity contribution in [2.45, 2.75) is 201 Å². The average Bonchev–Trinajstić information content (AvgIpc) is 0.766. The van der Waals surface area contributed by atoms with Crippen LogP contribution in [0.25, 0.3) is 11.1 Å².